The van der Waals surface area contributed by atoms with Gasteiger partial charge in [-0.2, -0.15) is 0 Å². The largest absolute Gasteiger partial charge is 0.394 e. The third-order valence-electron chi connectivity index (χ3n) is 14.2. The van der Waals surface area contributed by atoms with Gasteiger partial charge in [-0.3, -0.25) is 4.79 Å². The fraction of sp³-hybridized carbons (Fsp3) is 0.797. The number of aliphatic hydroxyl groups is 5. The Hall–Kier alpha value is -2.37. The number of hydrogen-bond acceptors (Lipinski definition) is 8. The van der Waals surface area contributed by atoms with Gasteiger partial charge in [-0.05, 0) is 83.5 Å². The van der Waals surface area contributed by atoms with Gasteiger partial charge in [-0.1, -0.05) is 254 Å². The van der Waals surface area contributed by atoms with Crippen LogP contribution in [0, 0.1) is 0 Å². The van der Waals surface area contributed by atoms with Crippen LogP contribution in [0.5, 0.6) is 0 Å². The normalized spacial score (nSPS) is 19.6. The first-order valence-corrected chi connectivity index (χ1v) is 30.7. The highest BCUT2D eigenvalue weighted by atomic mass is 16.7. The lowest BCUT2D eigenvalue weighted by atomic mass is 9.99. The maximum atomic E-state index is 13.1. The molecule has 0 aromatic heterocycles. The Morgan fingerprint density at radius 2 is 0.822 bits per heavy atom. The molecule has 424 valence electrons. The molecular weight excluding hydrogens is 911 g/mol. The van der Waals surface area contributed by atoms with Crippen molar-refractivity contribution in [3.05, 3.63) is 72.9 Å². The van der Waals surface area contributed by atoms with Gasteiger partial charge < -0.3 is 40.3 Å². The fourth-order valence-corrected chi connectivity index (χ4v) is 9.37. The number of hydrogen-bond donors (Lipinski definition) is 6. The smallest absolute Gasteiger partial charge is 0.220 e. The number of unbranched alkanes of at least 4 members (excludes halogenated alkanes) is 32. The minimum atomic E-state index is -1.58. The molecule has 6 N–H and O–H groups in total. The molecule has 7 atom stereocenters. The van der Waals surface area contributed by atoms with Crippen LogP contribution in [0.25, 0.3) is 0 Å². The Bertz CT molecular complexity index is 1380. The third kappa shape index (κ3) is 42.4. The van der Waals surface area contributed by atoms with Crippen molar-refractivity contribution in [2.75, 3.05) is 13.2 Å². The van der Waals surface area contributed by atoms with Crippen LogP contribution in [0.4, 0.5) is 0 Å². The van der Waals surface area contributed by atoms with Crippen LogP contribution < -0.4 is 5.32 Å². The van der Waals surface area contributed by atoms with Crippen LogP contribution in [0.3, 0.4) is 0 Å². The summed E-state index contributed by atoms with van der Waals surface area (Å²) < 4.78 is 11.3. The highest BCUT2D eigenvalue weighted by Crippen LogP contribution is 2.23. The Balaban J connectivity index is 2.26. The molecule has 0 aromatic carbocycles. The first kappa shape index (κ1) is 68.6. The highest BCUT2D eigenvalue weighted by molar-refractivity contribution is 5.76. The van der Waals surface area contributed by atoms with Crippen molar-refractivity contribution in [2.24, 2.45) is 0 Å². The quantitative estimate of drug-likeness (QED) is 0.0261. The van der Waals surface area contributed by atoms with Crippen LogP contribution in [0.1, 0.15) is 271 Å². The second-order valence-electron chi connectivity index (χ2n) is 21.1. The number of nitrogens with one attached hydrogen (secondary N) is 1. The molecule has 1 fully saturated rings. The Morgan fingerprint density at radius 1 is 0.466 bits per heavy atom. The van der Waals surface area contributed by atoms with E-state index in [2.05, 4.69) is 79.9 Å². The summed E-state index contributed by atoms with van der Waals surface area (Å²) in [6.07, 6.45) is 66.9. The van der Waals surface area contributed by atoms with Gasteiger partial charge in [0.2, 0.25) is 5.91 Å². The minimum Gasteiger partial charge on any atom is -0.394 e. The van der Waals surface area contributed by atoms with Crippen LogP contribution in [0.2, 0.25) is 0 Å². The lowest BCUT2D eigenvalue weighted by molar-refractivity contribution is -0.302. The number of amides is 1. The molecule has 1 amide bonds. The molecular formula is C64H115NO8. The Morgan fingerprint density at radius 3 is 1.25 bits per heavy atom. The van der Waals surface area contributed by atoms with Crippen molar-refractivity contribution >= 4 is 5.91 Å². The van der Waals surface area contributed by atoms with Gasteiger partial charge >= 0.3 is 0 Å². The molecule has 1 aliphatic rings. The zero-order valence-electron chi connectivity index (χ0n) is 47.1. The zero-order valence-corrected chi connectivity index (χ0v) is 47.1. The lowest BCUT2D eigenvalue weighted by Gasteiger charge is -2.40. The van der Waals surface area contributed by atoms with Crippen LogP contribution in [-0.4, -0.2) is 87.5 Å². The summed E-state index contributed by atoms with van der Waals surface area (Å²) in [6.45, 7) is 3.76. The molecule has 1 heterocycles. The van der Waals surface area contributed by atoms with Gasteiger partial charge in [0.15, 0.2) is 6.29 Å². The third-order valence-corrected chi connectivity index (χ3v) is 14.2. The van der Waals surface area contributed by atoms with Gasteiger partial charge in [0.1, 0.15) is 24.4 Å². The SMILES string of the molecule is CCCCCCC/C=C\C/C=C\C/C=C\CCCCCCCCCCC(=O)NC(COC1OC(CO)C(O)C(O)C1O)C(O)/C=C/CC/C=C/CC/C=C/CCCCCCCCCCCCCCCCCCC. The summed E-state index contributed by atoms with van der Waals surface area (Å²) in [5.74, 6) is -0.198. The lowest BCUT2D eigenvalue weighted by Crippen LogP contribution is -2.60. The molecule has 0 spiro atoms. The molecule has 7 unspecified atom stereocenters. The average Bonchev–Trinajstić information content (AvgIpc) is 3.39. The maximum Gasteiger partial charge on any atom is 0.220 e. The number of carbonyl (C=O) groups is 1. The average molecular weight is 1030 g/mol. The molecule has 73 heavy (non-hydrogen) atoms. The van der Waals surface area contributed by atoms with Gasteiger partial charge in [-0.15, -0.1) is 0 Å². The molecule has 0 saturated carbocycles. The summed E-state index contributed by atoms with van der Waals surface area (Å²) in [7, 11) is 0. The predicted molar refractivity (Wildman–Crippen MR) is 309 cm³/mol. The summed E-state index contributed by atoms with van der Waals surface area (Å²) in [5.41, 5.74) is 0. The summed E-state index contributed by atoms with van der Waals surface area (Å²) in [4.78, 5) is 13.1. The van der Waals surface area contributed by atoms with Crippen molar-refractivity contribution in [3.8, 4) is 0 Å². The molecule has 9 heteroatoms. The standard InChI is InChI=1S/C64H115NO8/c1-3-5-7-9-11-13-15-17-19-21-23-25-27-28-29-30-32-33-35-37-39-41-43-45-47-49-51-53-58(67)57(56-72-64-63(71)62(70)61(69)59(55-66)73-64)65-60(68)54-52-50-48-46-44-42-40-38-36-34-31-26-24-22-20-18-16-14-12-10-8-6-4-2/h16,18,22,24,31,34-35,37,43,45,51,53,57-59,61-64,66-67,69-71H,3-15,17,19-21,23,25-30,32-33,36,38-42,44,46-50,52,54-56H2,1-2H3,(H,65,68)/b18-16-,24-22-,34-31-,37-35+,45-43+,53-51+. The Kier molecular flexibility index (Phi) is 49.9. The van der Waals surface area contributed by atoms with E-state index in [9.17, 15) is 30.3 Å². The molecule has 0 bridgehead atoms. The number of allylic oxidation sites excluding steroid dienone is 11. The van der Waals surface area contributed by atoms with E-state index in [0.717, 1.165) is 70.6 Å². The number of rotatable bonds is 52. The van der Waals surface area contributed by atoms with Crippen molar-refractivity contribution in [1.29, 1.82) is 0 Å². The van der Waals surface area contributed by atoms with E-state index in [1.54, 1.807) is 6.08 Å². The second-order valence-corrected chi connectivity index (χ2v) is 21.1. The Labute approximate surface area is 448 Å². The van der Waals surface area contributed by atoms with E-state index in [0.29, 0.717) is 6.42 Å². The topological polar surface area (TPSA) is 149 Å². The van der Waals surface area contributed by atoms with Crippen LogP contribution >= 0.6 is 0 Å². The van der Waals surface area contributed by atoms with E-state index in [-0.39, 0.29) is 12.5 Å². The summed E-state index contributed by atoms with van der Waals surface area (Å²) in [6, 6.07) is -0.837. The van der Waals surface area contributed by atoms with Crippen LogP contribution in [0.15, 0.2) is 72.9 Å². The molecule has 0 radical (unpaired) electrons. The van der Waals surface area contributed by atoms with Crippen molar-refractivity contribution in [3.63, 3.8) is 0 Å². The number of carbonyl (C=O) groups excluding carboxylic acids is 1. The molecule has 1 saturated heterocycles. The molecule has 0 aliphatic carbocycles. The van der Waals surface area contributed by atoms with Crippen molar-refractivity contribution < 1.29 is 39.8 Å². The van der Waals surface area contributed by atoms with E-state index < -0.39 is 49.5 Å². The molecule has 0 aromatic rings. The number of aliphatic hydroxyl groups excluding tert-OH is 5. The minimum absolute atomic E-state index is 0.198. The summed E-state index contributed by atoms with van der Waals surface area (Å²) in [5, 5.41) is 54.6. The summed E-state index contributed by atoms with van der Waals surface area (Å²) >= 11 is 0. The predicted octanol–water partition coefficient (Wildman–Crippen LogP) is 15.6. The zero-order chi connectivity index (χ0) is 52.9. The highest BCUT2D eigenvalue weighted by Gasteiger charge is 2.44. The molecule has 1 aliphatic heterocycles. The van der Waals surface area contributed by atoms with Gasteiger partial charge in [0.25, 0.3) is 0 Å². The van der Waals surface area contributed by atoms with Crippen molar-refractivity contribution in [1.82, 2.24) is 5.32 Å². The van der Waals surface area contributed by atoms with Crippen LogP contribution in [-0.2, 0) is 14.3 Å². The molecule has 1 rings (SSSR count). The van der Waals surface area contributed by atoms with E-state index in [1.807, 2.05) is 6.08 Å². The monoisotopic (exact) mass is 1030 g/mol. The first-order valence-electron chi connectivity index (χ1n) is 30.7. The van der Waals surface area contributed by atoms with E-state index in [1.165, 1.54) is 180 Å². The van der Waals surface area contributed by atoms with Gasteiger partial charge in [0.05, 0.1) is 25.4 Å². The number of ether oxygens (including phenoxy) is 2. The van der Waals surface area contributed by atoms with Gasteiger partial charge in [-0.25, -0.2) is 0 Å². The van der Waals surface area contributed by atoms with Crippen molar-refractivity contribution in [2.45, 2.75) is 314 Å². The van der Waals surface area contributed by atoms with E-state index in [4.69, 9.17) is 9.47 Å². The van der Waals surface area contributed by atoms with Gasteiger partial charge in [0, 0.05) is 6.42 Å². The molecule has 9 nitrogen and oxygen atoms in total. The first-order chi connectivity index (χ1) is 35.8. The fourth-order valence-electron chi connectivity index (χ4n) is 9.37. The van der Waals surface area contributed by atoms with E-state index >= 15 is 0 Å². The second kappa shape index (κ2) is 53.0. The maximum absolute atomic E-state index is 13.1.